The molecule has 1 aromatic rings. The zero-order valence-corrected chi connectivity index (χ0v) is 10.4. The van der Waals surface area contributed by atoms with E-state index >= 15 is 0 Å². The summed E-state index contributed by atoms with van der Waals surface area (Å²) in [7, 11) is 0. The molecule has 1 aromatic carbocycles. The molecule has 1 aliphatic heterocycles. The minimum Gasteiger partial charge on any atom is -0.339 e. The van der Waals surface area contributed by atoms with Crippen LogP contribution in [0.3, 0.4) is 0 Å². The molecule has 90 valence electrons. The number of aryl methyl sites for hydroxylation is 1. The van der Waals surface area contributed by atoms with Gasteiger partial charge in [-0.25, -0.2) is 0 Å². The van der Waals surface area contributed by atoms with Crippen molar-refractivity contribution in [1.29, 1.82) is 0 Å². The van der Waals surface area contributed by atoms with Gasteiger partial charge < -0.3 is 4.90 Å². The maximum atomic E-state index is 12.4. The van der Waals surface area contributed by atoms with Crippen molar-refractivity contribution >= 4 is 5.91 Å². The number of carbonyl (C=O) groups excluding carboxylic acids is 1. The Hall–Kier alpha value is -1.31. The average Bonchev–Trinajstić information content (AvgIpc) is 3.10. The van der Waals surface area contributed by atoms with Crippen molar-refractivity contribution in [3.8, 4) is 0 Å². The molecule has 0 atom stereocenters. The van der Waals surface area contributed by atoms with E-state index in [9.17, 15) is 4.79 Å². The van der Waals surface area contributed by atoms with Gasteiger partial charge in [-0.05, 0) is 49.7 Å². The maximum absolute atomic E-state index is 12.4. The number of rotatable bonds is 1. The van der Waals surface area contributed by atoms with E-state index in [0.717, 1.165) is 24.2 Å². The highest BCUT2D eigenvalue weighted by atomic mass is 16.2. The fourth-order valence-electron chi connectivity index (χ4n) is 2.84. The summed E-state index contributed by atoms with van der Waals surface area (Å²) < 4.78 is 0. The second kappa shape index (κ2) is 3.86. The smallest absolute Gasteiger partial charge is 0.254 e. The molecule has 2 aliphatic rings. The lowest BCUT2D eigenvalue weighted by Crippen LogP contribution is -2.39. The average molecular weight is 229 g/mol. The van der Waals surface area contributed by atoms with Crippen LogP contribution in [0.15, 0.2) is 24.3 Å². The lowest BCUT2D eigenvalue weighted by Gasteiger charge is -2.32. The minimum absolute atomic E-state index is 0.221. The molecule has 0 radical (unpaired) electrons. The second-order valence-electron chi connectivity index (χ2n) is 5.61. The van der Waals surface area contributed by atoms with E-state index in [0.29, 0.717) is 5.41 Å². The Bertz CT molecular complexity index is 438. The molecule has 2 heteroatoms. The first-order valence-electron chi connectivity index (χ1n) is 6.55. The quantitative estimate of drug-likeness (QED) is 0.725. The Balaban J connectivity index is 1.72. The van der Waals surface area contributed by atoms with Crippen LogP contribution >= 0.6 is 0 Å². The summed E-state index contributed by atoms with van der Waals surface area (Å²) in [5, 5.41) is 0. The molecular weight excluding hydrogens is 210 g/mol. The number of carbonyl (C=O) groups is 1. The highest BCUT2D eigenvalue weighted by Gasteiger charge is 2.45. The van der Waals surface area contributed by atoms with E-state index in [1.54, 1.807) is 0 Å². The predicted molar refractivity (Wildman–Crippen MR) is 68.0 cm³/mol. The van der Waals surface area contributed by atoms with Gasteiger partial charge in [0, 0.05) is 18.7 Å². The third-order valence-corrected chi connectivity index (χ3v) is 4.44. The summed E-state index contributed by atoms with van der Waals surface area (Å²) >= 11 is 0. The fraction of sp³-hybridized carbons (Fsp3) is 0.533. The maximum Gasteiger partial charge on any atom is 0.254 e. The van der Waals surface area contributed by atoms with E-state index in [1.165, 1.54) is 25.7 Å². The molecule has 1 heterocycles. The van der Waals surface area contributed by atoms with Crippen LogP contribution in [0.5, 0.6) is 0 Å². The minimum atomic E-state index is 0.221. The van der Waals surface area contributed by atoms with Gasteiger partial charge >= 0.3 is 0 Å². The molecule has 1 spiro atoms. The number of likely N-dealkylation sites (tertiary alicyclic amines) is 1. The van der Waals surface area contributed by atoms with Gasteiger partial charge in [-0.3, -0.25) is 4.79 Å². The first-order valence-corrected chi connectivity index (χ1v) is 6.55. The molecule has 0 unspecified atom stereocenters. The van der Waals surface area contributed by atoms with Crippen LogP contribution < -0.4 is 0 Å². The van der Waals surface area contributed by atoms with Crippen molar-refractivity contribution in [1.82, 2.24) is 4.90 Å². The Morgan fingerprint density at radius 1 is 1.12 bits per heavy atom. The number of hydrogen-bond donors (Lipinski definition) is 0. The molecule has 0 aromatic heterocycles. The summed E-state index contributed by atoms with van der Waals surface area (Å²) in [6.07, 6.45) is 5.20. The van der Waals surface area contributed by atoms with Gasteiger partial charge in [0.15, 0.2) is 0 Å². The number of hydrogen-bond acceptors (Lipinski definition) is 1. The van der Waals surface area contributed by atoms with Crippen molar-refractivity contribution in [2.45, 2.75) is 32.6 Å². The molecular formula is C15H19NO. The molecule has 17 heavy (non-hydrogen) atoms. The van der Waals surface area contributed by atoms with Crippen LogP contribution in [0.25, 0.3) is 0 Å². The Morgan fingerprint density at radius 3 is 2.35 bits per heavy atom. The molecule has 1 aliphatic carbocycles. The Morgan fingerprint density at radius 2 is 1.76 bits per heavy atom. The summed E-state index contributed by atoms with van der Waals surface area (Å²) in [4.78, 5) is 14.4. The third-order valence-electron chi connectivity index (χ3n) is 4.44. The zero-order valence-electron chi connectivity index (χ0n) is 10.4. The monoisotopic (exact) mass is 229 g/mol. The van der Waals surface area contributed by atoms with E-state index in [2.05, 4.69) is 0 Å². The van der Waals surface area contributed by atoms with Crippen molar-refractivity contribution in [2.75, 3.05) is 13.1 Å². The summed E-state index contributed by atoms with van der Waals surface area (Å²) in [5.41, 5.74) is 2.60. The first-order chi connectivity index (χ1) is 8.20. The van der Waals surface area contributed by atoms with Crippen molar-refractivity contribution < 1.29 is 4.79 Å². The lowest BCUT2D eigenvalue weighted by molar-refractivity contribution is 0.0678. The molecule has 1 saturated heterocycles. The van der Waals surface area contributed by atoms with E-state index < -0.39 is 0 Å². The van der Waals surface area contributed by atoms with Crippen LogP contribution in [0.4, 0.5) is 0 Å². The van der Waals surface area contributed by atoms with Crippen LogP contribution in [0.2, 0.25) is 0 Å². The van der Waals surface area contributed by atoms with Crippen molar-refractivity contribution in [3.63, 3.8) is 0 Å². The second-order valence-corrected chi connectivity index (χ2v) is 5.61. The van der Waals surface area contributed by atoms with E-state index in [1.807, 2.05) is 36.1 Å². The Kier molecular flexibility index (Phi) is 2.46. The topological polar surface area (TPSA) is 20.3 Å². The zero-order chi connectivity index (χ0) is 11.9. The lowest BCUT2D eigenvalue weighted by atomic mass is 9.93. The summed E-state index contributed by atoms with van der Waals surface area (Å²) in [6.45, 7) is 3.92. The fourth-order valence-corrected chi connectivity index (χ4v) is 2.84. The summed E-state index contributed by atoms with van der Waals surface area (Å²) in [5.74, 6) is 0.221. The van der Waals surface area contributed by atoms with Gasteiger partial charge in [-0.1, -0.05) is 18.2 Å². The van der Waals surface area contributed by atoms with Crippen molar-refractivity contribution in [2.24, 2.45) is 5.41 Å². The number of benzene rings is 1. The number of nitrogens with zero attached hydrogens (tertiary/aromatic N) is 1. The highest BCUT2D eigenvalue weighted by molar-refractivity contribution is 5.95. The molecule has 0 N–H and O–H groups in total. The Labute approximate surface area is 103 Å². The number of piperidine rings is 1. The SMILES string of the molecule is Cc1ccccc1C(=O)N1CCC2(CC1)CC2. The molecule has 3 rings (SSSR count). The van der Waals surface area contributed by atoms with Gasteiger partial charge in [-0.15, -0.1) is 0 Å². The van der Waals surface area contributed by atoms with Gasteiger partial charge in [0.05, 0.1) is 0 Å². The summed E-state index contributed by atoms with van der Waals surface area (Å²) in [6, 6.07) is 7.90. The molecule has 2 nitrogen and oxygen atoms in total. The highest BCUT2D eigenvalue weighted by Crippen LogP contribution is 2.53. The van der Waals surface area contributed by atoms with Gasteiger partial charge in [0.2, 0.25) is 0 Å². The van der Waals surface area contributed by atoms with Crippen LogP contribution in [-0.4, -0.2) is 23.9 Å². The van der Waals surface area contributed by atoms with Crippen LogP contribution in [0, 0.1) is 12.3 Å². The van der Waals surface area contributed by atoms with Gasteiger partial charge in [0.25, 0.3) is 5.91 Å². The molecule has 2 fully saturated rings. The van der Waals surface area contributed by atoms with E-state index in [-0.39, 0.29) is 5.91 Å². The normalized spacial score (nSPS) is 21.6. The predicted octanol–water partition coefficient (Wildman–Crippen LogP) is 3.01. The largest absolute Gasteiger partial charge is 0.339 e. The number of amides is 1. The molecule has 1 amide bonds. The van der Waals surface area contributed by atoms with Crippen LogP contribution in [-0.2, 0) is 0 Å². The standard InChI is InChI=1S/C15H19NO/c1-12-4-2-3-5-13(12)14(17)16-10-8-15(6-7-15)9-11-16/h2-5H,6-11H2,1H3. The third kappa shape index (κ3) is 1.97. The van der Waals surface area contributed by atoms with Crippen LogP contribution in [0.1, 0.15) is 41.6 Å². The molecule has 0 bridgehead atoms. The first kappa shape index (κ1) is 10.8. The van der Waals surface area contributed by atoms with Gasteiger partial charge in [-0.2, -0.15) is 0 Å². The van der Waals surface area contributed by atoms with E-state index in [4.69, 9.17) is 0 Å². The molecule has 1 saturated carbocycles. The van der Waals surface area contributed by atoms with Gasteiger partial charge in [0.1, 0.15) is 0 Å². The van der Waals surface area contributed by atoms with Crippen molar-refractivity contribution in [3.05, 3.63) is 35.4 Å².